The Balaban J connectivity index is 1.74. The fourth-order valence-corrected chi connectivity index (χ4v) is 3.91. The number of nitro groups is 1. The molecule has 1 heterocycles. The highest BCUT2D eigenvalue weighted by Crippen LogP contribution is 2.31. The molecular formula is C20H21IN4O3S. The molecule has 29 heavy (non-hydrogen) atoms. The van der Waals surface area contributed by atoms with Gasteiger partial charge < -0.3 is 10.2 Å². The number of hydrogen-bond acceptors (Lipinski definition) is 5. The lowest BCUT2D eigenvalue weighted by Crippen LogP contribution is -2.34. The first-order valence-electron chi connectivity index (χ1n) is 9.18. The van der Waals surface area contributed by atoms with E-state index < -0.39 is 10.8 Å². The van der Waals surface area contributed by atoms with E-state index >= 15 is 0 Å². The molecule has 3 rings (SSSR count). The first-order valence-corrected chi connectivity index (χ1v) is 10.7. The molecule has 9 heteroatoms. The predicted octanol–water partition coefficient (Wildman–Crippen LogP) is 4.54. The van der Waals surface area contributed by atoms with Gasteiger partial charge in [-0.3, -0.25) is 20.2 Å². The second-order valence-electron chi connectivity index (χ2n) is 6.99. The number of nitrogens with zero attached hydrogens (tertiary/aromatic N) is 2. The quantitative estimate of drug-likeness (QED) is 0.264. The Morgan fingerprint density at radius 3 is 2.38 bits per heavy atom. The van der Waals surface area contributed by atoms with Crippen LogP contribution in [0.15, 0.2) is 30.3 Å². The van der Waals surface area contributed by atoms with Gasteiger partial charge in [0.1, 0.15) is 5.69 Å². The van der Waals surface area contributed by atoms with Crippen molar-refractivity contribution in [2.45, 2.75) is 26.7 Å². The summed E-state index contributed by atoms with van der Waals surface area (Å²) >= 11 is 7.52. The molecule has 152 valence electrons. The summed E-state index contributed by atoms with van der Waals surface area (Å²) in [6.07, 6.45) is 2.02. The third-order valence-corrected chi connectivity index (χ3v) is 6.71. The van der Waals surface area contributed by atoms with E-state index in [1.165, 1.54) is 9.64 Å². The number of anilines is 2. The zero-order chi connectivity index (χ0) is 21.1. The van der Waals surface area contributed by atoms with Crippen LogP contribution < -0.4 is 15.5 Å². The van der Waals surface area contributed by atoms with Crippen molar-refractivity contribution in [3.05, 3.63) is 60.7 Å². The van der Waals surface area contributed by atoms with Crippen molar-refractivity contribution in [2.24, 2.45) is 0 Å². The number of thiocarbonyl (C=S) groups is 1. The van der Waals surface area contributed by atoms with Crippen molar-refractivity contribution in [2.75, 3.05) is 23.3 Å². The smallest absolute Gasteiger partial charge is 0.293 e. The van der Waals surface area contributed by atoms with E-state index in [2.05, 4.69) is 33.2 Å². The lowest BCUT2D eigenvalue weighted by molar-refractivity contribution is -0.384. The van der Waals surface area contributed by atoms with Gasteiger partial charge in [-0.15, -0.1) is 0 Å². The molecule has 0 atom stereocenters. The van der Waals surface area contributed by atoms with E-state index in [0.717, 1.165) is 42.7 Å². The average molecular weight is 524 g/mol. The van der Waals surface area contributed by atoms with Crippen molar-refractivity contribution in [3.8, 4) is 0 Å². The van der Waals surface area contributed by atoms with E-state index in [4.69, 9.17) is 12.2 Å². The molecule has 1 fully saturated rings. The molecule has 2 aromatic rings. The van der Waals surface area contributed by atoms with Crippen LogP contribution in [0.5, 0.6) is 0 Å². The summed E-state index contributed by atoms with van der Waals surface area (Å²) in [5.41, 5.74) is 3.67. The molecule has 0 saturated carbocycles. The van der Waals surface area contributed by atoms with E-state index in [1.54, 1.807) is 12.1 Å². The summed E-state index contributed by atoms with van der Waals surface area (Å²) in [7, 11) is 0. The van der Waals surface area contributed by atoms with Crippen molar-refractivity contribution >= 4 is 62.9 Å². The number of benzene rings is 2. The molecule has 0 aliphatic carbocycles. The summed E-state index contributed by atoms with van der Waals surface area (Å²) in [6, 6.07) is 8.44. The van der Waals surface area contributed by atoms with Crippen LogP contribution in [0.2, 0.25) is 0 Å². The zero-order valence-corrected chi connectivity index (χ0v) is 19.1. The minimum Gasteiger partial charge on any atom is -0.366 e. The second kappa shape index (κ2) is 9.04. The maximum absolute atomic E-state index is 12.6. The van der Waals surface area contributed by atoms with Crippen molar-refractivity contribution < 1.29 is 9.72 Å². The van der Waals surface area contributed by atoms with Gasteiger partial charge in [-0.05, 0) is 96.9 Å². The largest absolute Gasteiger partial charge is 0.366 e. The molecule has 0 unspecified atom stereocenters. The highest BCUT2D eigenvalue weighted by Gasteiger charge is 2.24. The third kappa shape index (κ3) is 5.02. The number of carbonyl (C=O) groups excluding carboxylic acids is 1. The van der Waals surface area contributed by atoms with Gasteiger partial charge in [-0.1, -0.05) is 0 Å². The number of aryl methyl sites for hydroxylation is 2. The molecule has 2 aromatic carbocycles. The lowest BCUT2D eigenvalue weighted by Gasteiger charge is -2.18. The van der Waals surface area contributed by atoms with Gasteiger partial charge in [-0.25, -0.2) is 0 Å². The molecule has 1 saturated heterocycles. The first kappa shape index (κ1) is 21.4. The molecule has 0 aromatic heterocycles. The summed E-state index contributed by atoms with van der Waals surface area (Å²) in [5.74, 6) is -0.488. The fourth-order valence-electron chi connectivity index (χ4n) is 3.39. The SMILES string of the molecule is Cc1cc(NC(=S)NC(=O)c2ccc(N3CCCC3)c([N+](=O)[O-])c2)cc(C)c1I. The molecule has 0 spiro atoms. The molecule has 0 radical (unpaired) electrons. The Hall–Kier alpha value is -2.27. The summed E-state index contributed by atoms with van der Waals surface area (Å²) in [5, 5.41) is 17.3. The number of rotatable bonds is 4. The lowest BCUT2D eigenvalue weighted by atomic mass is 10.1. The van der Waals surface area contributed by atoms with Crippen LogP contribution in [0.1, 0.15) is 34.3 Å². The second-order valence-corrected chi connectivity index (χ2v) is 8.47. The molecule has 1 aliphatic rings. The van der Waals surface area contributed by atoms with E-state index in [0.29, 0.717) is 5.69 Å². The maximum atomic E-state index is 12.6. The van der Waals surface area contributed by atoms with Gasteiger partial charge in [0.25, 0.3) is 11.6 Å². The topological polar surface area (TPSA) is 87.5 Å². The number of nitro benzene ring substituents is 1. The summed E-state index contributed by atoms with van der Waals surface area (Å²) in [6.45, 7) is 5.58. The van der Waals surface area contributed by atoms with E-state index in [1.807, 2.05) is 30.9 Å². The van der Waals surface area contributed by atoms with Gasteiger partial charge >= 0.3 is 0 Å². The Kier molecular flexibility index (Phi) is 6.68. The standard InChI is InChI=1S/C20H21IN4O3S/c1-12-9-15(10-13(2)18(12)21)22-20(29)23-19(26)14-5-6-16(17(11-14)25(27)28)24-7-3-4-8-24/h5-6,9-11H,3-4,7-8H2,1-2H3,(H2,22,23,26,29). The normalized spacial score (nSPS) is 13.3. The van der Waals surface area contributed by atoms with Gasteiger partial charge in [-0.2, -0.15) is 0 Å². The van der Waals surface area contributed by atoms with Crippen LogP contribution in [0, 0.1) is 27.5 Å². The Morgan fingerprint density at radius 1 is 1.17 bits per heavy atom. The van der Waals surface area contributed by atoms with Crippen molar-refractivity contribution in [1.29, 1.82) is 0 Å². The van der Waals surface area contributed by atoms with Gasteiger partial charge in [0, 0.05) is 34.0 Å². The van der Waals surface area contributed by atoms with Crippen molar-refractivity contribution in [1.82, 2.24) is 5.32 Å². The minimum absolute atomic E-state index is 0.0673. The van der Waals surface area contributed by atoms with Crippen LogP contribution in [0.4, 0.5) is 17.1 Å². The van der Waals surface area contributed by atoms with E-state index in [9.17, 15) is 14.9 Å². The Labute approximate surface area is 188 Å². The number of nitrogens with one attached hydrogen (secondary N) is 2. The van der Waals surface area contributed by atoms with E-state index in [-0.39, 0.29) is 16.4 Å². The average Bonchev–Trinajstić information content (AvgIpc) is 3.20. The maximum Gasteiger partial charge on any atom is 0.293 e. The van der Waals surface area contributed by atoms with Gasteiger partial charge in [0.2, 0.25) is 0 Å². The van der Waals surface area contributed by atoms with Crippen LogP contribution in [0.25, 0.3) is 0 Å². The highest BCUT2D eigenvalue weighted by molar-refractivity contribution is 14.1. The Bertz CT molecular complexity index is 967. The van der Waals surface area contributed by atoms with Crippen LogP contribution in [0.3, 0.4) is 0 Å². The van der Waals surface area contributed by atoms with Crippen LogP contribution in [-0.2, 0) is 0 Å². The number of halogens is 1. The number of carbonyl (C=O) groups is 1. The molecular weight excluding hydrogens is 503 g/mol. The third-order valence-electron chi connectivity index (χ3n) is 4.80. The first-order chi connectivity index (χ1) is 13.8. The number of amides is 1. The Morgan fingerprint density at radius 2 is 1.79 bits per heavy atom. The number of hydrogen-bond donors (Lipinski definition) is 2. The zero-order valence-electron chi connectivity index (χ0n) is 16.1. The summed E-state index contributed by atoms with van der Waals surface area (Å²) < 4.78 is 1.17. The van der Waals surface area contributed by atoms with Gasteiger partial charge in [0.05, 0.1) is 4.92 Å². The van der Waals surface area contributed by atoms with Crippen LogP contribution >= 0.6 is 34.8 Å². The highest BCUT2D eigenvalue weighted by atomic mass is 127. The van der Waals surface area contributed by atoms with Crippen LogP contribution in [-0.4, -0.2) is 29.0 Å². The summed E-state index contributed by atoms with van der Waals surface area (Å²) in [4.78, 5) is 25.6. The monoisotopic (exact) mass is 524 g/mol. The molecule has 7 nitrogen and oxygen atoms in total. The predicted molar refractivity (Wildman–Crippen MR) is 127 cm³/mol. The molecule has 0 bridgehead atoms. The molecule has 1 aliphatic heterocycles. The van der Waals surface area contributed by atoms with Crippen molar-refractivity contribution in [3.63, 3.8) is 0 Å². The molecule has 2 N–H and O–H groups in total. The van der Waals surface area contributed by atoms with Gasteiger partial charge in [0.15, 0.2) is 5.11 Å². The molecule has 1 amide bonds. The fraction of sp³-hybridized carbons (Fsp3) is 0.300. The minimum atomic E-state index is -0.488.